The van der Waals surface area contributed by atoms with E-state index >= 15 is 0 Å². The molecule has 4 aromatic rings. The van der Waals surface area contributed by atoms with E-state index in [1.807, 2.05) is 48.2 Å². The van der Waals surface area contributed by atoms with Crippen molar-refractivity contribution < 1.29 is 4.42 Å². The van der Waals surface area contributed by atoms with Crippen molar-refractivity contribution in [2.45, 2.75) is 13.5 Å². The third-order valence-electron chi connectivity index (χ3n) is 4.42. The van der Waals surface area contributed by atoms with Crippen LogP contribution in [0, 0.1) is 6.92 Å². The number of benzene rings is 1. The molecule has 29 heavy (non-hydrogen) atoms. The molecular formula is C21H19Cl2N5O. The Balaban J connectivity index is 1.52. The van der Waals surface area contributed by atoms with Gasteiger partial charge in [0.1, 0.15) is 10.9 Å². The summed E-state index contributed by atoms with van der Waals surface area (Å²) < 4.78 is 5.51. The molecule has 4 rings (SSSR count). The molecule has 1 N–H and O–H groups in total. The number of hydrogen-bond donors (Lipinski definition) is 1. The molecule has 0 spiro atoms. The monoisotopic (exact) mass is 427 g/mol. The highest BCUT2D eigenvalue weighted by molar-refractivity contribution is 6.31. The number of rotatable bonds is 7. The minimum Gasteiger partial charge on any atom is -0.467 e. The second kappa shape index (κ2) is 8.68. The topological polar surface area (TPSA) is 67.1 Å². The number of pyridine rings is 1. The summed E-state index contributed by atoms with van der Waals surface area (Å²) >= 11 is 12.2. The fourth-order valence-electron chi connectivity index (χ4n) is 3.10. The zero-order valence-electron chi connectivity index (χ0n) is 15.8. The molecular weight excluding hydrogens is 409 g/mol. The predicted octanol–water partition coefficient (Wildman–Crippen LogP) is 5.35. The normalized spacial score (nSPS) is 11.0. The number of fused-ring (bicyclic) bond motifs is 1. The Morgan fingerprint density at radius 2 is 2.00 bits per heavy atom. The third kappa shape index (κ3) is 4.78. The molecule has 3 aromatic heterocycles. The maximum absolute atomic E-state index is 6.15. The van der Waals surface area contributed by atoms with E-state index in [2.05, 4.69) is 20.3 Å². The summed E-state index contributed by atoms with van der Waals surface area (Å²) in [7, 11) is 0. The third-order valence-corrected chi connectivity index (χ3v) is 4.85. The zero-order chi connectivity index (χ0) is 20.2. The van der Waals surface area contributed by atoms with Gasteiger partial charge in [0.05, 0.1) is 18.3 Å². The van der Waals surface area contributed by atoms with E-state index in [0.717, 1.165) is 28.0 Å². The number of aromatic nitrogens is 3. The summed E-state index contributed by atoms with van der Waals surface area (Å²) in [4.78, 5) is 15.3. The van der Waals surface area contributed by atoms with Crippen molar-refractivity contribution in [3.63, 3.8) is 0 Å². The van der Waals surface area contributed by atoms with Gasteiger partial charge in [-0.25, -0.2) is 9.97 Å². The number of aryl methyl sites for hydroxylation is 1. The molecule has 0 fully saturated rings. The van der Waals surface area contributed by atoms with Crippen LogP contribution in [0.2, 0.25) is 10.2 Å². The maximum Gasteiger partial charge on any atom is 0.227 e. The molecule has 0 bridgehead atoms. The minimum atomic E-state index is 0.418. The number of halogens is 2. The lowest BCUT2D eigenvalue weighted by molar-refractivity contribution is 0.501. The van der Waals surface area contributed by atoms with Gasteiger partial charge < -0.3 is 14.6 Å². The fourth-order valence-corrected chi connectivity index (χ4v) is 3.50. The van der Waals surface area contributed by atoms with Crippen LogP contribution in [0.3, 0.4) is 0 Å². The van der Waals surface area contributed by atoms with Crippen LogP contribution >= 0.6 is 23.2 Å². The first-order valence-electron chi connectivity index (χ1n) is 9.15. The van der Waals surface area contributed by atoms with Crippen LogP contribution in [0.25, 0.3) is 10.9 Å². The SMILES string of the molecule is Cc1cc(Cl)nc(N(CCNc2ccnc3cc(Cl)ccc23)Cc2ccco2)n1. The summed E-state index contributed by atoms with van der Waals surface area (Å²) in [5.74, 6) is 1.40. The Labute approximate surface area is 178 Å². The van der Waals surface area contributed by atoms with E-state index in [1.165, 1.54) is 0 Å². The summed E-state index contributed by atoms with van der Waals surface area (Å²) in [6.07, 6.45) is 3.43. The van der Waals surface area contributed by atoms with Gasteiger partial charge in [0.2, 0.25) is 5.95 Å². The second-order valence-electron chi connectivity index (χ2n) is 6.58. The first-order chi connectivity index (χ1) is 14.1. The lowest BCUT2D eigenvalue weighted by Crippen LogP contribution is -2.30. The van der Waals surface area contributed by atoms with Crippen LogP contribution in [0.1, 0.15) is 11.5 Å². The van der Waals surface area contributed by atoms with Crippen molar-refractivity contribution in [2.75, 3.05) is 23.3 Å². The summed E-state index contributed by atoms with van der Waals surface area (Å²) in [6, 6.07) is 13.2. The van der Waals surface area contributed by atoms with Crippen molar-refractivity contribution in [3.05, 3.63) is 76.6 Å². The summed E-state index contributed by atoms with van der Waals surface area (Å²) in [5.41, 5.74) is 2.66. The summed E-state index contributed by atoms with van der Waals surface area (Å²) in [5, 5.41) is 5.58. The Bertz CT molecular complexity index is 1100. The van der Waals surface area contributed by atoms with Crippen LogP contribution in [-0.4, -0.2) is 28.0 Å². The smallest absolute Gasteiger partial charge is 0.227 e. The van der Waals surface area contributed by atoms with Gasteiger partial charge in [-0.3, -0.25) is 4.98 Å². The number of hydrogen-bond acceptors (Lipinski definition) is 6. The van der Waals surface area contributed by atoms with Gasteiger partial charge in [-0.05, 0) is 49.4 Å². The fraction of sp³-hybridized carbons (Fsp3) is 0.190. The number of nitrogens with one attached hydrogen (secondary N) is 1. The highest BCUT2D eigenvalue weighted by atomic mass is 35.5. The molecule has 0 aliphatic rings. The van der Waals surface area contributed by atoms with Gasteiger partial charge in [0, 0.05) is 41.1 Å². The lowest BCUT2D eigenvalue weighted by Gasteiger charge is -2.22. The van der Waals surface area contributed by atoms with E-state index in [1.54, 1.807) is 18.5 Å². The van der Waals surface area contributed by atoms with Crippen LogP contribution in [0.4, 0.5) is 11.6 Å². The van der Waals surface area contributed by atoms with E-state index in [0.29, 0.717) is 35.8 Å². The Kier molecular flexibility index (Phi) is 5.83. The second-order valence-corrected chi connectivity index (χ2v) is 7.40. The molecule has 3 heterocycles. The molecule has 0 radical (unpaired) electrons. The van der Waals surface area contributed by atoms with Crippen LogP contribution < -0.4 is 10.2 Å². The molecule has 148 valence electrons. The van der Waals surface area contributed by atoms with E-state index in [9.17, 15) is 0 Å². The molecule has 8 heteroatoms. The van der Waals surface area contributed by atoms with Gasteiger partial charge in [-0.1, -0.05) is 23.2 Å². The molecule has 0 unspecified atom stereocenters. The average Bonchev–Trinajstić information content (AvgIpc) is 3.19. The van der Waals surface area contributed by atoms with Crippen molar-refractivity contribution in [1.82, 2.24) is 15.0 Å². The van der Waals surface area contributed by atoms with Crippen LogP contribution in [-0.2, 0) is 6.54 Å². The minimum absolute atomic E-state index is 0.418. The first-order valence-corrected chi connectivity index (χ1v) is 9.91. The van der Waals surface area contributed by atoms with Gasteiger partial charge in [0.15, 0.2) is 0 Å². The molecule has 0 amide bonds. The Morgan fingerprint density at radius 3 is 2.79 bits per heavy atom. The summed E-state index contributed by atoms with van der Waals surface area (Å²) in [6.45, 7) is 3.75. The lowest BCUT2D eigenvalue weighted by atomic mass is 10.2. The van der Waals surface area contributed by atoms with E-state index in [4.69, 9.17) is 27.6 Å². The first kappa shape index (κ1) is 19.5. The highest BCUT2D eigenvalue weighted by Gasteiger charge is 2.14. The molecule has 0 saturated heterocycles. The zero-order valence-corrected chi connectivity index (χ0v) is 17.3. The van der Waals surface area contributed by atoms with Crippen LogP contribution in [0.15, 0.2) is 59.3 Å². The number of furan rings is 1. The molecule has 0 atom stereocenters. The highest BCUT2D eigenvalue weighted by Crippen LogP contribution is 2.24. The Hall–Kier alpha value is -2.83. The number of anilines is 2. The average molecular weight is 428 g/mol. The number of nitrogens with zero attached hydrogens (tertiary/aromatic N) is 4. The molecule has 1 aromatic carbocycles. The quantitative estimate of drug-likeness (QED) is 0.400. The van der Waals surface area contributed by atoms with Gasteiger partial charge in [-0.2, -0.15) is 0 Å². The molecule has 0 saturated carbocycles. The maximum atomic E-state index is 6.15. The standard InChI is InChI=1S/C21H19Cl2N5O/c1-14-11-20(23)27-21(26-14)28(13-16-3-2-10-29-16)9-8-25-18-6-7-24-19-12-15(22)4-5-17(18)19/h2-7,10-12H,8-9,13H2,1H3,(H,24,25). The van der Waals surface area contributed by atoms with Gasteiger partial charge in [-0.15, -0.1) is 0 Å². The largest absolute Gasteiger partial charge is 0.467 e. The van der Waals surface area contributed by atoms with Crippen molar-refractivity contribution in [2.24, 2.45) is 0 Å². The van der Waals surface area contributed by atoms with Crippen molar-refractivity contribution in [1.29, 1.82) is 0 Å². The molecule has 0 aliphatic carbocycles. The van der Waals surface area contributed by atoms with Gasteiger partial charge in [0.25, 0.3) is 0 Å². The van der Waals surface area contributed by atoms with Crippen LogP contribution in [0.5, 0.6) is 0 Å². The van der Waals surface area contributed by atoms with Gasteiger partial charge >= 0.3 is 0 Å². The molecule has 6 nitrogen and oxygen atoms in total. The van der Waals surface area contributed by atoms with E-state index < -0.39 is 0 Å². The molecule has 0 aliphatic heterocycles. The Morgan fingerprint density at radius 1 is 1.10 bits per heavy atom. The van der Waals surface area contributed by atoms with Crippen molar-refractivity contribution in [3.8, 4) is 0 Å². The van der Waals surface area contributed by atoms with Crippen molar-refractivity contribution >= 4 is 45.7 Å². The van der Waals surface area contributed by atoms with E-state index in [-0.39, 0.29) is 0 Å². The predicted molar refractivity (Wildman–Crippen MR) is 117 cm³/mol.